The van der Waals surface area contributed by atoms with Gasteiger partial charge in [-0.2, -0.15) is 0 Å². The summed E-state index contributed by atoms with van der Waals surface area (Å²) in [5.74, 6) is -0.0348. The van der Waals surface area contributed by atoms with E-state index in [0.29, 0.717) is 36.2 Å². The molecular weight excluding hydrogens is 320 g/mol. The van der Waals surface area contributed by atoms with E-state index in [9.17, 15) is 4.79 Å². The van der Waals surface area contributed by atoms with Gasteiger partial charge in [0.1, 0.15) is 0 Å². The Labute approximate surface area is 138 Å². The Hall–Kier alpha value is -1.43. The third-order valence-corrected chi connectivity index (χ3v) is 5.11. The first-order chi connectivity index (χ1) is 10.6. The van der Waals surface area contributed by atoms with Gasteiger partial charge in [0.05, 0.1) is 11.1 Å². The Morgan fingerprint density at radius 3 is 2.82 bits per heavy atom. The lowest BCUT2D eigenvalue weighted by atomic mass is 9.73. The van der Waals surface area contributed by atoms with E-state index in [1.165, 1.54) is 11.3 Å². The molecule has 1 fully saturated rings. The average molecular weight is 337 g/mol. The van der Waals surface area contributed by atoms with Gasteiger partial charge in [-0.05, 0) is 37.5 Å². The summed E-state index contributed by atoms with van der Waals surface area (Å²) in [5.41, 5.74) is 1.24. The highest BCUT2D eigenvalue weighted by Crippen LogP contribution is 2.37. The zero-order chi connectivity index (χ0) is 15.6. The molecule has 0 unspecified atom stereocenters. The van der Waals surface area contributed by atoms with E-state index in [-0.39, 0.29) is 5.91 Å². The molecule has 0 spiro atoms. The Morgan fingerprint density at radius 1 is 1.41 bits per heavy atom. The summed E-state index contributed by atoms with van der Waals surface area (Å²) in [5, 5.41) is 6.16. The number of halogens is 1. The zero-order valence-corrected chi connectivity index (χ0v) is 13.8. The Kier molecular flexibility index (Phi) is 4.47. The van der Waals surface area contributed by atoms with Gasteiger partial charge in [-0.15, -0.1) is 11.3 Å². The highest BCUT2D eigenvalue weighted by atomic mass is 35.5. The fourth-order valence-electron chi connectivity index (χ4n) is 2.78. The third-order valence-electron chi connectivity index (χ3n) is 4.00. The molecule has 6 heteroatoms. The van der Waals surface area contributed by atoms with Gasteiger partial charge in [0.15, 0.2) is 5.13 Å². The van der Waals surface area contributed by atoms with E-state index in [4.69, 9.17) is 16.3 Å². The smallest absolute Gasteiger partial charge is 0.236 e. The maximum atomic E-state index is 13.0. The minimum absolute atomic E-state index is 0.0348. The number of amides is 1. The van der Waals surface area contributed by atoms with Crippen LogP contribution < -0.4 is 5.32 Å². The predicted octanol–water partition coefficient (Wildman–Crippen LogP) is 3.79. The number of thiazole rings is 1. The van der Waals surface area contributed by atoms with E-state index in [0.717, 1.165) is 11.3 Å². The lowest BCUT2D eigenvalue weighted by Gasteiger charge is -2.36. The van der Waals surface area contributed by atoms with Gasteiger partial charge < -0.3 is 10.1 Å². The molecule has 22 heavy (non-hydrogen) atoms. The van der Waals surface area contributed by atoms with Crippen molar-refractivity contribution in [3.8, 4) is 0 Å². The molecule has 1 aromatic heterocycles. The van der Waals surface area contributed by atoms with Gasteiger partial charge in [-0.1, -0.05) is 23.7 Å². The summed E-state index contributed by atoms with van der Waals surface area (Å²) >= 11 is 7.56. The normalized spacial score (nSPS) is 17.2. The second-order valence-electron chi connectivity index (χ2n) is 5.45. The first kappa shape index (κ1) is 15.5. The van der Waals surface area contributed by atoms with Gasteiger partial charge in [0.2, 0.25) is 5.91 Å². The molecule has 1 aliphatic rings. The van der Waals surface area contributed by atoms with Crippen molar-refractivity contribution in [2.24, 2.45) is 0 Å². The topological polar surface area (TPSA) is 51.2 Å². The molecule has 0 atom stereocenters. The monoisotopic (exact) mass is 336 g/mol. The van der Waals surface area contributed by atoms with E-state index in [1.54, 1.807) is 0 Å². The number of aromatic nitrogens is 1. The summed E-state index contributed by atoms with van der Waals surface area (Å²) in [4.78, 5) is 17.3. The van der Waals surface area contributed by atoms with Crippen molar-refractivity contribution in [1.29, 1.82) is 0 Å². The molecule has 1 amide bonds. The average Bonchev–Trinajstić information content (AvgIpc) is 2.93. The number of carbonyl (C=O) groups is 1. The van der Waals surface area contributed by atoms with Gasteiger partial charge in [0.25, 0.3) is 0 Å². The van der Waals surface area contributed by atoms with Crippen molar-refractivity contribution in [2.75, 3.05) is 18.5 Å². The lowest BCUT2D eigenvalue weighted by Crippen LogP contribution is -2.44. The molecule has 2 heterocycles. The Balaban J connectivity index is 1.93. The molecule has 1 aliphatic heterocycles. The second kappa shape index (κ2) is 6.36. The van der Waals surface area contributed by atoms with Gasteiger partial charge >= 0.3 is 0 Å². The number of ether oxygens (including phenoxy) is 1. The number of nitrogens with one attached hydrogen (secondary N) is 1. The fourth-order valence-corrected chi connectivity index (χ4v) is 3.65. The zero-order valence-electron chi connectivity index (χ0n) is 12.3. The van der Waals surface area contributed by atoms with Gasteiger partial charge in [0, 0.05) is 23.6 Å². The summed E-state index contributed by atoms with van der Waals surface area (Å²) in [6, 6.07) is 7.54. The molecule has 2 aromatic rings. The predicted molar refractivity (Wildman–Crippen MR) is 88.7 cm³/mol. The van der Waals surface area contributed by atoms with E-state index >= 15 is 0 Å². The summed E-state index contributed by atoms with van der Waals surface area (Å²) in [7, 11) is 0. The van der Waals surface area contributed by atoms with Crippen molar-refractivity contribution in [2.45, 2.75) is 25.2 Å². The highest BCUT2D eigenvalue weighted by molar-refractivity contribution is 7.13. The van der Waals surface area contributed by atoms with Crippen LogP contribution in [-0.2, 0) is 14.9 Å². The summed E-state index contributed by atoms with van der Waals surface area (Å²) in [6.07, 6.45) is 1.28. The largest absolute Gasteiger partial charge is 0.381 e. The van der Waals surface area contributed by atoms with Crippen molar-refractivity contribution < 1.29 is 9.53 Å². The number of anilines is 1. The third kappa shape index (κ3) is 3.02. The van der Waals surface area contributed by atoms with Crippen LogP contribution in [0.15, 0.2) is 29.6 Å². The summed E-state index contributed by atoms with van der Waals surface area (Å²) < 4.78 is 5.45. The van der Waals surface area contributed by atoms with Crippen LogP contribution in [0.4, 0.5) is 5.13 Å². The van der Waals surface area contributed by atoms with Crippen LogP contribution >= 0.6 is 22.9 Å². The molecule has 0 aliphatic carbocycles. The number of rotatable bonds is 3. The minimum atomic E-state index is -0.608. The molecule has 1 N–H and O–H groups in total. The van der Waals surface area contributed by atoms with Crippen molar-refractivity contribution >= 4 is 34.0 Å². The van der Waals surface area contributed by atoms with Crippen molar-refractivity contribution in [3.05, 3.63) is 45.9 Å². The van der Waals surface area contributed by atoms with Gasteiger partial charge in [-0.3, -0.25) is 4.79 Å². The van der Waals surface area contributed by atoms with Gasteiger partial charge in [-0.25, -0.2) is 4.98 Å². The van der Waals surface area contributed by atoms with E-state index in [2.05, 4.69) is 10.3 Å². The van der Waals surface area contributed by atoms with Crippen molar-refractivity contribution in [3.63, 3.8) is 0 Å². The number of hydrogen-bond donors (Lipinski definition) is 1. The highest BCUT2D eigenvalue weighted by Gasteiger charge is 2.42. The molecule has 0 bridgehead atoms. The van der Waals surface area contributed by atoms with Crippen LogP contribution in [0.3, 0.4) is 0 Å². The summed E-state index contributed by atoms with van der Waals surface area (Å²) in [6.45, 7) is 3.04. The standard InChI is InChI=1S/C16H17ClN2O2S/c1-11-10-22-15(18-11)19-14(20)16(5-7-21-8-6-16)12-3-2-4-13(17)9-12/h2-4,9-10H,5-8H2,1H3,(H,18,19,20). The lowest BCUT2D eigenvalue weighted by molar-refractivity contribution is -0.125. The maximum absolute atomic E-state index is 13.0. The minimum Gasteiger partial charge on any atom is -0.381 e. The van der Waals surface area contributed by atoms with E-state index < -0.39 is 5.41 Å². The molecule has 1 aromatic carbocycles. The molecule has 116 valence electrons. The van der Waals surface area contributed by atoms with Crippen LogP contribution in [0, 0.1) is 6.92 Å². The van der Waals surface area contributed by atoms with Crippen molar-refractivity contribution in [1.82, 2.24) is 4.98 Å². The number of carbonyl (C=O) groups excluding carboxylic acids is 1. The first-order valence-corrected chi connectivity index (χ1v) is 8.43. The number of aryl methyl sites for hydroxylation is 1. The Morgan fingerprint density at radius 2 is 2.18 bits per heavy atom. The van der Waals surface area contributed by atoms with Crippen LogP contribution in [0.2, 0.25) is 5.02 Å². The Bertz CT molecular complexity index is 680. The molecule has 4 nitrogen and oxygen atoms in total. The first-order valence-electron chi connectivity index (χ1n) is 7.17. The van der Waals surface area contributed by atoms with E-state index in [1.807, 2.05) is 36.6 Å². The molecular formula is C16H17ClN2O2S. The molecule has 0 radical (unpaired) electrons. The second-order valence-corrected chi connectivity index (χ2v) is 6.75. The molecule has 1 saturated heterocycles. The molecule has 0 saturated carbocycles. The quantitative estimate of drug-likeness (QED) is 0.927. The van der Waals surface area contributed by atoms with Crippen LogP contribution in [0.25, 0.3) is 0 Å². The van der Waals surface area contributed by atoms with Crippen LogP contribution in [0.1, 0.15) is 24.1 Å². The maximum Gasteiger partial charge on any atom is 0.236 e. The number of nitrogens with zero attached hydrogens (tertiary/aromatic N) is 1. The number of benzene rings is 1. The van der Waals surface area contributed by atoms with Crippen LogP contribution in [0.5, 0.6) is 0 Å². The number of hydrogen-bond acceptors (Lipinski definition) is 4. The molecule has 3 rings (SSSR count). The fraction of sp³-hybridized carbons (Fsp3) is 0.375. The SMILES string of the molecule is Cc1csc(NC(=O)C2(c3cccc(Cl)c3)CCOCC2)n1. The van der Waals surface area contributed by atoms with Crippen LogP contribution in [-0.4, -0.2) is 24.1 Å².